The molecule has 7 heteroatoms. The molecule has 0 unspecified atom stereocenters. The van der Waals surface area contributed by atoms with Crippen LogP contribution >= 0.6 is 35.3 Å². The number of rotatable bonds is 9. The van der Waals surface area contributed by atoms with Gasteiger partial charge in [-0.2, -0.15) is 0 Å². The number of thiazole rings is 1. The standard InChI is InChI=1S/C15H28N4OS.HI/c1-5-16-15(17-8-6-10-20-12(2)3)18-9-7-14-19-11-13(4)21-14;/h11-12H,5-10H2,1-4H3,(H2,16,17,18);1H. The Morgan fingerprint density at radius 3 is 2.77 bits per heavy atom. The van der Waals surface area contributed by atoms with Crippen molar-refractivity contribution in [2.45, 2.75) is 46.6 Å². The van der Waals surface area contributed by atoms with Crippen LogP contribution in [-0.2, 0) is 11.2 Å². The number of halogens is 1. The molecule has 0 aliphatic rings. The fraction of sp³-hybridized carbons (Fsp3) is 0.733. The van der Waals surface area contributed by atoms with Gasteiger partial charge in [0.2, 0.25) is 0 Å². The Bertz CT molecular complexity index is 423. The van der Waals surface area contributed by atoms with Crippen molar-refractivity contribution < 1.29 is 4.74 Å². The summed E-state index contributed by atoms with van der Waals surface area (Å²) in [5, 5.41) is 7.77. The minimum Gasteiger partial charge on any atom is -0.379 e. The molecule has 0 saturated carbocycles. The van der Waals surface area contributed by atoms with E-state index in [2.05, 4.69) is 48.3 Å². The molecule has 0 fully saturated rings. The highest BCUT2D eigenvalue weighted by Crippen LogP contribution is 2.10. The Morgan fingerprint density at radius 1 is 1.41 bits per heavy atom. The molecule has 5 nitrogen and oxygen atoms in total. The van der Waals surface area contributed by atoms with Crippen molar-refractivity contribution in [2.75, 3.05) is 26.2 Å². The quantitative estimate of drug-likeness (QED) is 0.268. The first-order valence-corrected chi connectivity index (χ1v) is 8.48. The van der Waals surface area contributed by atoms with E-state index in [-0.39, 0.29) is 24.0 Å². The second-order valence-electron chi connectivity index (χ2n) is 5.08. The zero-order chi connectivity index (χ0) is 15.5. The van der Waals surface area contributed by atoms with Gasteiger partial charge in [-0.3, -0.25) is 4.99 Å². The Balaban J connectivity index is 0.00000441. The van der Waals surface area contributed by atoms with Gasteiger partial charge in [0.05, 0.1) is 11.1 Å². The summed E-state index contributed by atoms with van der Waals surface area (Å²) in [7, 11) is 0. The molecule has 0 aliphatic heterocycles. The van der Waals surface area contributed by atoms with Crippen molar-refractivity contribution in [3.05, 3.63) is 16.1 Å². The second-order valence-corrected chi connectivity index (χ2v) is 6.39. The largest absolute Gasteiger partial charge is 0.379 e. The summed E-state index contributed by atoms with van der Waals surface area (Å²) in [6, 6.07) is 0. The number of aliphatic imine (C=N–C) groups is 1. The minimum atomic E-state index is 0. The maximum absolute atomic E-state index is 5.51. The molecule has 2 N–H and O–H groups in total. The average Bonchev–Trinajstić information content (AvgIpc) is 2.83. The van der Waals surface area contributed by atoms with Crippen molar-refractivity contribution in [2.24, 2.45) is 4.99 Å². The monoisotopic (exact) mass is 440 g/mol. The van der Waals surface area contributed by atoms with Gasteiger partial charge in [0.1, 0.15) is 0 Å². The van der Waals surface area contributed by atoms with Crippen LogP contribution in [0.15, 0.2) is 11.2 Å². The molecule has 0 saturated heterocycles. The third-order valence-electron chi connectivity index (χ3n) is 2.67. The SMILES string of the molecule is CCNC(=NCCCOC(C)C)NCCc1ncc(C)s1.I. The molecule has 128 valence electrons. The highest BCUT2D eigenvalue weighted by atomic mass is 127. The van der Waals surface area contributed by atoms with Crippen molar-refractivity contribution in [1.82, 2.24) is 15.6 Å². The molecule has 1 aromatic rings. The van der Waals surface area contributed by atoms with Gasteiger partial charge in [-0.15, -0.1) is 35.3 Å². The molecular formula is C15H29IN4OS. The molecule has 0 radical (unpaired) electrons. The summed E-state index contributed by atoms with van der Waals surface area (Å²) in [5.74, 6) is 0.871. The number of guanidine groups is 1. The van der Waals surface area contributed by atoms with Gasteiger partial charge in [0.25, 0.3) is 0 Å². The van der Waals surface area contributed by atoms with Crippen molar-refractivity contribution in [1.29, 1.82) is 0 Å². The zero-order valence-electron chi connectivity index (χ0n) is 14.0. The summed E-state index contributed by atoms with van der Waals surface area (Å²) in [6.45, 7) is 11.5. The number of ether oxygens (including phenoxy) is 1. The Hall–Kier alpha value is -0.410. The van der Waals surface area contributed by atoms with Gasteiger partial charge < -0.3 is 15.4 Å². The van der Waals surface area contributed by atoms with Crippen LogP contribution in [0.25, 0.3) is 0 Å². The molecule has 0 atom stereocenters. The van der Waals surface area contributed by atoms with E-state index in [1.165, 1.54) is 9.88 Å². The highest BCUT2D eigenvalue weighted by Gasteiger charge is 2.01. The number of aryl methyl sites for hydroxylation is 1. The van der Waals surface area contributed by atoms with Gasteiger partial charge in [-0.25, -0.2) is 4.98 Å². The summed E-state index contributed by atoms with van der Waals surface area (Å²) >= 11 is 1.75. The molecular weight excluding hydrogens is 411 g/mol. The predicted octanol–water partition coefficient (Wildman–Crippen LogP) is 2.98. The summed E-state index contributed by atoms with van der Waals surface area (Å²) in [4.78, 5) is 10.2. The van der Waals surface area contributed by atoms with Crippen LogP contribution in [0.1, 0.15) is 37.1 Å². The molecule has 1 aromatic heterocycles. The number of nitrogens with zero attached hydrogens (tertiary/aromatic N) is 2. The van der Waals surface area contributed by atoms with E-state index in [1.807, 2.05) is 6.20 Å². The zero-order valence-corrected chi connectivity index (χ0v) is 17.2. The number of hydrogen-bond acceptors (Lipinski definition) is 4. The Labute approximate surface area is 155 Å². The highest BCUT2D eigenvalue weighted by molar-refractivity contribution is 14.0. The number of hydrogen-bond donors (Lipinski definition) is 2. The third kappa shape index (κ3) is 10.3. The lowest BCUT2D eigenvalue weighted by Crippen LogP contribution is -2.38. The van der Waals surface area contributed by atoms with Crippen molar-refractivity contribution >= 4 is 41.3 Å². The molecule has 1 rings (SSSR count). The van der Waals surface area contributed by atoms with E-state index in [0.717, 1.165) is 45.0 Å². The maximum Gasteiger partial charge on any atom is 0.191 e. The summed E-state index contributed by atoms with van der Waals surface area (Å²) in [5.41, 5.74) is 0. The van der Waals surface area contributed by atoms with Gasteiger partial charge in [0, 0.05) is 43.7 Å². The summed E-state index contributed by atoms with van der Waals surface area (Å²) < 4.78 is 5.51. The molecule has 0 spiro atoms. The normalized spacial score (nSPS) is 11.4. The van der Waals surface area contributed by atoms with Crippen molar-refractivity contribution in [3.8, 4) is 0 Å². The van der Waals surface area contributed by atoms with Crippen LogP contribution in [-0.4, -0.2) is 43.3 Å². The second kappa shape index (κ2) is 13.1. The molecule has 0 aliphatic carbocycles. The summed E-state index contributed by atoms with van der Waals surface area (Å²) in [6.07, 6.45) is 4.09. The van der Waals surface area contributed by atoms with Crippen LogP contribution in [0, 0.1) is 6.92 Å². The third-order valence-corrected chi connectivity index (χ3v) is 3.64. The van der Waals surface area contributed by atoms with E-state index < -0.39 is 0 Å². The van der Waals surface area contributed by atoms with Crippen LogP contribution in [0.2, 0.25) is 0 Å². The number of aromatic nitrogens is 1. The van der Waals surface area contributed by atoms with E-state index in [9.17, 15) is 0 Å². The minimum absolute atomic E-state index is 0. The van der Waals surface area contributed by atoms with Gasteiger partial charge >= 0.3 is 0 Å². The lowest BCUT2D eigenvalue weighted by atomic mass is 10.4. The smallest absolute Gasteiger partial charge is 0.191 e. The average molecular weight is 440 g/mol. The van der Waals surface area contributed by atoms with Crippen LogP contribution in [0.3, 0.4) is 0 Å². The first-order chi connectivity index (χ1) is 10.1. The van der Waals surface area contributed by atoms with Crippen LogP contribution in [0.4, 0.5) is 0 Å². The Morgan fingerprint density at radius 2 is 2.18 bits per heavy atom. The maximum atomic E-state index is 5.51. The molecule has 0 aromatic carbocycles. The van der Waals surface area contributed by atoms with E-state index in [4.69, 9.17) is 4.74 Å². The fourth-order valence-corrected chi connectivity index (χ4v) is 2.51. The number of nitrogens with one attached hydrogen (secondary N) is 2. The van der Waals surface area contributed by atoms with Gasteiger partial charge in [-0.05, 0) is 34.1 Å². The molecule has 22 heavy (non-hydrogen) atoms. The van der Waals surface area contributed by atoms with E-state index in [0.29, 0.717) is 6.10 Å². The lowest BCUT2D eigenvalue weighted by Gasteiger charge is -2.11. The van der Waals surface area contributed by atoms with Crippen LogP contribution < -0.4 is 10.6 Å². The van der Waals surface area contributed by atoms with Crippen LogP contribution in [0.5, 0.6) is 0 Å². The predicted molar refractivity (Wildman–Crippen MR) is 106 cm³/mol. The van der Waals surface area contributed by atoms with E-state index >= 15 is 0 Å². The molecule has 1 heterocycles. The van der Waals surface area contributed by atoms with Gasteiger partial charge in [0.15, 0.2) is 5.96 Å². The van der Waals surface area contributed by atoms with Crippen molar-refractivity contribution in [3.63, 3.8) is 0 Å². The topological polar surface area (TPSA) is 58.5 Å². The van der Waals surface area contributed by atoms with E-state index in [1.54, 1.807) is 11.3 Å². The fourth-order valence-electron chi connectivity index (χ4n) is 1.72. The first kappa shape index (κ1) is 21.6. The molecule has 0 bridgehead atoms. The lowest BCUT2D eigenvalue weighted by molar-refractivity contribution is 0.0782. The first-order valence-electron chi connectivity index (χ1n) is 7.67. The Kier molecular flexibility index (Phi) is 12.8. The molecule has 0 amide bonds. The van der Waals surface area contributed by atoms with Gasteiger partial charge in [-0.1, -0.05) is 0 Å².